The first-order valence-electron chi connectivity index (χ1n) is 9.59. The number of H-pyrrole nitrogens is 1. The lowest BCUT2D eigenvalue weighted by atomic mass is 9.96. The van der Waals surface area contributed by atoms with Gasteiger partial charge in [0.1, 0.15) is 23.8 Å². The summed E-state index contributed by atoms with van der Waals surface area (Å²) in [5, 5.41) is 14.7. The van der Waals surface area contributed by atoms with Crippen LogP contribution in [0.2, 0.25) is 0 Å². The third-order valence-electron chi connectivity index (χ3n) is 5.28. The van der Waals surface area contributed by atoms with Crippen molar-refractivity contribution < 1.29 is 13.9 Å². The molecule has 0 saturated heterocycles. The largest absolute Gasteiger partial charge is 0.496 e. The van der Waals surface area contributed by atoms with Crippen molar-refractivity contribution in [2.45, 2.75) is 19.6 Å². The summed E-state index contributed by atoms with van der Waals surface area (Å²) in [4.78, 5) is 7.77. The number of nitrogens with zero attached hydrogens (tertiary/aromatic N) is 4. The number of ether oxygens (including phenoxy) is 2. The third kappa shape index (κ3) is 2.70. The number of aromatic nitrogens is 4. The fraction of sp³-hybridized carbons (Fsp3) is 0.227. The van der Waals surface area contributed by atoms with Crippen molar-refractivity contribution in [1.82, 2.24) is 19.7 Å². The number of aryl methyl sites for hydroxylation is 1. The molecule has 0 bridgehead atoms. The molecule has 3 aromatic heterocycles. The van der Waals surface area contributed by atoms with Gasteiger partial charge >= 0.3 is 0 Å². The quantitative estimate of drug-likeness (QED) is 0.551. The van der Waals surface area contributed by atoms with Crippen LogP contribution in [0.5, 0.6) is 11.6 Å². The number of benzene rings is 1. The predicted molar refractivity (Wildman–Crippen MR) is 109 cm³/mol. The van der Waals surface area contributed by atoms with Crippen LogP contribution in [0, 0.1) is 11.3 Å². The van der Waals surface area contributed by atoms with Crippen LogP contribution in [0.15, 0.2) is 36.5 Å². The highest BCUT2D eigenvalue weighted by Crippen LogP contribution is 2.46. The maximum atomic E-state index is 14.0. The van der Waals surface area contributed by atoms with Gasteiger partial charge in [0.15, 0.2) is 0 Å². The second-order valence-corrected chi connectivity index (χ2v) is 6.99. The summed E-state index contributed by atoms with van der Waals surface area (Å²) in [5.74, 6) is 1.14. The average molecular weight is 403 g/mol. The summed E-state index contributed by atoms with van der Waals surface area (Å²) in [6.45, 7) is 0.491. The fourth-order valence-electron chi connectivity index (χ4n) is 3.98. The zero-order valence-corrected chi connectivity index (χ0v) is 16.3. The van der Waals surface area contributed by atoms with E-state index in [2.05, 4.69) is 21.1 Å². The van der Waals surface area contributed by atoms with Gasteiger partial charge < -0.3 is 14.5 Å². The SMILES string of the molecule is COc1ccc(C#N)cc1-c1c(-c2c(CF)nn3c2OCCC3)[nH]c2ncccc12. The lowest BCUT2D eigenvalue weighted by Crippen LogP contribution is -2.15. The number of alkyl halides is 1. The highest BCUT2D eigenvalue weighted by atomic mass is 19.1. The molecule has 1 aliphatic heterocycles. The minimum absolute atomic E-state index is 0.301. The number of hydrogen-bond donors (Lipinski definition) is 1. The van der Waals surface area contributed by atoms with Crippen molar-refractivity contribution >= 4 is 11.0 Å². The second-order valence-electron chi connectivity index (χ2n) is 6.99. The van der Waals surface area contributed by atoms with Gasteiger partial charge in [-0.15, -0.1) is 0 Å². The van der Waals surface area contributed by atoms with Gasteiger partial charge in [0.25, 0.3) is 0 Å². The second kappa shape index (κ2) is 7.19. The first kappa shape index (κ1) is 18.2. The Labute approximate surface area is 171 Å². The summed E-state index contributed by atoms with van der Waals surface area (Å²) < 4.78 is 27.2. The highest BCUT2D eigenvalue weighted by Gasteiger charge is 2.29. The predicted octanol–water partition coefficient (Wildman–Crippen LogP) is 4.23. The normalized spacial score (nSPS) is 13.0. The van der Waals surface area contributed by atoms with Gasteiger partial charge in [-0.05, 0) is 30.3 Å². The summed E-state index contributed by atoms with van der Waals surface area (Å²) in [7, 11) is 1.58. The van der Waals surface area contributed by atoms with Crippen LogP contribution >= 0.6 is 0 Å². The van der Waals surface area contributed by atoms with E-state index in [9.17, 15) is 9.65 Å². The average Bonchev–Trinajstić information content (AvgIpc) is 3.36. The summed E-state index contributed by atoms with van der Waals surface area (Å²) >= 11 is 0. The Hall–Kier alpha value is -3.86. The summed E-state index contributed by atoms with van der Waals surface area (Å²) in [6, 6.07) is 11.2. The Balaban J connectivity index is 1.88. The number of methoxy groups -OCH3 is 1. The van der Waals surface area contributed by atoms with E-state index in [-0.39, 0.29) is 0 Å². The number of aromatic amines is 1. The molecule has 0 unspecified atom stereocenters. The van der Waals surface area contributed by atoms with Crippen LogP contribution < -0.4 is 9.47 Å². The van der Waals surface area contributed by atoms with E-state index in [4.69, 9.17) is 9.47 Å². The molecule has 0 aliphatic carbocycles. The van der Waals surface area contributed by atoms with E-state index in [0.717, 1.165) is 17.4 Å². The van der Waals surface area contributed by atoms with E-state index < -0.39 is 6.67 Å². The maximum absolute atomic E-state index is 14.0. The van der Waals surface area contributed by atoms with E-state index in [1.165, 1.54) is 0 Å². The molecule has 7 nitrogen and oxygen atoms in total. The molecule has 8 heteroatoms. The van der Waals surface area contributed by atoms with Crippen molar-refractivity contribution in [3.05, 3.63) is 47.8 Å². The molecule has 0 spiro atoms. The van der Waals surface area contributed by atoms with Crippen molar-refractivity contribution in [3.8, 4) is 40.1 Å². The Morgan fingerprint density at radius 1 is 1.33 bits per heavy atom. The Kier molecular flexibility index (Phi) is 4.36. The summed E-state index contributed by atoms with van der Waals surface area (Å²) in [6.07, 6.45) is 2.51. The van der Waals surface area contributed by atoms with Gasteiger partial charge in [-0.1, -0.05) is 0 Å². The third-order valence-corrected chi connectivity index (χ3v) is 5.28. The van der Waals surface area contributed by atoms with Crippen LogP contribution in [0.3, 0.4) is 0 Å². The Morgan fingerprint density at radius 2 is 2.23 bits per heavy atom. The molecule has 30 heavy (non-hydrogen) atoms. The van der Waals surface area contributed by atoms with Gasteiger partial charge in [0.2, 0.25) is 5.88 Å². The lowest BCUT2D eigenvalue weighted by molar-refractivity contribution is 0.231. The van der Waals surface area contributed by atoms with Crippen molar-refractivity contribution in [1.29, 1.82) is 5.26 Å². The van der Waals surface area contributed by atoms with Gasteiger partial charge in [-0.25, -0.2) is 14.1 Å². The number of halogens is 1. The van der Waals surface area contributed by atoms with Crippen LogP contribution in [0.25, 0.3) is 33.4 Å². The van der Waals surface area contributed by atoms with Crippen molar-refractivity contribution in [2.75, 3.05) is 13.7 Å². The van der Waals surface area contributed by atoms with Crippen LogP contribution in [0.1, 0.15) is 17.7 Å². The zero-order chi connectivity index (χ0) is 20.7. The van der Waals surface area contributed by atoms with E-state index in [1.807, 2.05) is 12.1 Å². The van der Waals surface area contributed by atoms with Gasteiger partial charge in [-0.2, -0.15) is 10.4 Å². The van der Waals surface area contributed by atoms with Gasteiger partial charge in [0, 0.05) is 35.7 Å². The minimum Gasteiger partial charge on any atom is -0.496 e. The molecule has 0 saturated carbocycles. The topological polar surface area (TPSA) is 88.7 Å². The van der Waals surface area contributed by atoms with E-state index >= 15 is 0 Å². The zero-order valence-electron chi connectivity index (χ0n) is 16.3. The number of nitrogens with one attached hydrogen (secondary N) is 1. The van der Waals surface area contributed by atoms with Crippen LogP contribution in [0.4, 0.5) is 4.39 Å². The molecule has 1 aliphatic rings. The number of nitriles is 1. The lowest BCUT2D eigenvalue weighted by Gasteiger charge is -2.16. The molecule has 4 aromatic rings. The summed E-state index contributed by atoms with van der Waals surface area (Å²) in [5.41, 5.74) is 4.15. The Morgan fingerprint density at radius 3 is 3.03 bits per heavy atom. The maximum Gasteiger partial charge on any atom is 0.221 e. The Bertz CT molecular complexity index is 1300. The monoisotopic (exact) mass is 403 g/mol. The van der Waals surface area contributed by atoms with E-state index in [0.29, 0.717) is 58.5 Å². The molecular weight excluding hydrogens is 385 g/mol. The number of pyridine rings is 1. The molecule has 4 heterocycles. The van der Waals surface area contributed by atoms with Gasteiger partial charge in [-0.3, -0.25) is 0 Å². The molecule has 5 rings (SSSR count). The number of fused-ring (bicyclic) bond motifs is 2. The molecule has 0 fully saturated rings. The molecule has 0 atom stereocenters. The number of hydrogen-bond acceptors (Lipinski definition) is 5. The van der Waals surface area contributed by atoms with Crippen LogP contribution in [-0.4, -0.2) is 33.5 Å². The van der Waals surface area contributed by atoms with Crippen molar-refractivity contribution in [2.24, 2.45) is 0 Å². The molecule has 150 valence electrons. The molecular formula is C22H18FN5O2. The minimum atomic E-state index is -0.726. The van der Waals surface area contributed by atoms with Crippen LogP contribution in [-0.2, 0) is 13.2 Å². The molecule has 0 amide bonds. The first-order chi connectivity index (χ1) is 14.7. The molecule has 1 N–H and O–H groups in total. The molecule has 1 aromatic carbocycles. The standard InChI is InChI=1S/C22H18FN5O2/c1-29-17-6-5-13(12-24)10-15(17)18-14-4-2-7-25-21(14)26-20(18)19-16(11-23)27-28-8-3-9-30-22(19)28/h2,4-7,10H,3,8-9,11H2,1H3,(H,25,26). The number of rotatable bonds is 4. The van der Waals surface area contributed by atoms with Gasteiger partial charge in [0.05, 0.1) is 36.6 Å². The first-order valence-corrected chi connectivity index (χ1v) is 9.59. The molecule has 0 radical (unpaired) electrons. The highest BCUT2D eigenvalue weighted by molar-refractivity contribution is 6.04. The smallest absolute Gasteiger partial charge is 0.221 e. The fourth-order valence-corrected chi connectivity index (χ4v) is 3.98. The van der Waals surface area contributed by atoms with E-state index in [1.54, 1.807) is 36.2 Å². The van der Waals surface area contributed by atoms with Crippen molar-refractivity contribution in [3.63, 3.8) is 0 Å².